The minimum absolute atomic E-state index is 0.0370. The molecule has 0 bridgehead atoms. The van der Waals surface area contributed by atoms with E-state index in [-0.39, 0.29) is 18.4 Å². The third-order valence-electron chi connectivity index (χ3n) is 2.83. The highest BCUT2D eigenvalue weighted by Crippen LogP contribution is 2.10. The van der Waals surface area contributed by atoms with Gasteiger partial charge >= 0.3 is 0 Å². The Kier molecular flexibility index (Phi) is 4.59. The fourth-order valence-electron chi connectivity index (χ4n) is 1.59. The first-order valence-corrected chi connectivity index (χ1v) is 5.68. The number of rotatable bonds is 3. The van der Waals surface area contributed by atoms with Gasteiger partial charge in [-0.2, -0.15) is 0 Å². The summed E-state index contributed by atoms with van der Waals surface area (Å²) in [6, 6.07) is 0. The van der Waals surface area contributed by atoms with Crippen molar-refractivity contribution < 1.29 is 9.59 Å². The van der Waals surface area contributed by atoms with Crippen molar-refractivity contribution in [3.05, 3.63) is 0 Å². The minimum Gasteiger partial charge on any atom is -0.354 e. The van der Waals surface area contributed by atoms with Gasteiger partial charge in [0.2, 0.25) is 11.8 Å². The number of nitrogens with one attached hydrogen (secondary N) is 1. The molecule has 1 fully saturated rings. The Morgan fingerprint density at radius 1 is 1.60 bits per heavy atom. The Hall–Kier alpha value is -1.06. The average Bonchev–Trinajstić information content (AvgIpc) is 2.42. The highest BCUT2D eigenvalue weighted by Gasteiger charge is 2.20. The molecule has 1 saturated heterocycles. The molecule has 0 spiro atoms. The van der Waals surface area contributed by atoms with Crippen molar-refractivity contribution in [3.8, 4) is 0 Å². The van der Waals surface area contributed by atoms with E-state index in [4.69, 9.17) is 0 Å². The molecule has 1 aliphatic rings. The molecule has 1 heterocycles. The van der Waals surface area contributed by atoms with Crippen LogP contribution in [0.15, 0.2) is 0 Å². The molecule has 0 radical (unpaired) electrons. The third-order valence-corrected chi connectivity index (χ3v) is 2.83. The lowest BCUT2D eigenvalue weighted by atomic mass is 10.0. The number of nitrogens with zero attached hydrogens (tertiary/aromatic N) is 1. The van der Waals surface area contributed by atoms with Gasteiger partial charge in [0.05, 0.1) is 6.54 Å². The van der Waals surface area contributed by atoms with Crippen LogP contribution >= 0.6 is 0 Å². The Labute approximate surface area is 91.0 Å². The van der Waals surface area contributed by atoms with Crippen LogP contribution in [0.4, 0.5) is 0 Å². The van der Waals surface area contributed by atoms with E-state index in [2.05, 4.69) is 19.2 Å². The van der Waals surface area contributed by atoms with Crippen LogP contribution < -0.4 is 5.32 Å². The molecule has 0 saturated carbocycles. The van der Waals surface area contributed by atoms with E-state index in [1.807, 2.05) is 0 Å². The molecule has 4 heteroatoms. The van der Waals surface area contributed by atoms with Crippen molar-refractivity contribution in [1.29, 1.82) is 0 Å². The second kappa shape index (κ2) is 5.73. The summed E-state index contributed by atoms with van der Waals surface area (Å²) in [6.07, 6.45) is 2.42. The predicted molar refractivity (Wildman–Crippen MR) is 58.3 cm³/mol. The Morgan fingerprint density at radius 3 is 3.00 bits per heavy atom. The molecule has 1 rings (SSSR count). The Bertz CT molecular complexity index is 241. The van der Waals surface area contributed by atoms with E-state index in [0.717, 1.165) is 12.8 Å². The van der Waals surface area contributed by atoms with E-state index in [9.17, 15) is 9.59 Å². The molecular formula is C11H20N2O2. The normalized spacial score (nSPS) is 19.3. The lowest BCUT2D eigenvalue weighted by Crippen LogP contribution is -2.37. The van der Waals surface area contributed by atoms with E-state index >= 15 is 0 Å². The lowest BCUT2D eigenvalue weighted by molar-refractivity contribution is -0.135. The van der Waals surface area contributed by atoms with Gasteiger partial charge in [0, 0.05) is 19.5 Å². The summed E-state index contributed by atoms with van der Waals surface area (Å²) in [5.74, 6) is 0.482. The maximum absolute atomic E-state index is 11.8. The van der Waals surface area contributed by atoms with Gasteiger partial charge in [-0.05, 0) is 12.3 Å². The van der Waals surface area contributed by atoms with Crippen molar-refractivity contribution in [2.75, 3.05) is 19.6 Å². The van der Waals surface area contributed by atoms with Gasteiger partial charge in [-0.3, -0.25) is 9.59 Å². The van der Waals surface area contributed by atoms with Crippen LogP contribution in [0.1, 0.15) is 33.1 Å². The molecule has 1 N–H and O–H groups in total. The van der Waals surface area contributed by atoms with Gasteiger partial charge in [0.1, 0.15) is 0 Å². The Balaban J connectivity index is 2.46. The van der Waals surface area contributed by atoms with Crippen molar-refractivity contribution in [2.45, 2.75) is 33.1 Å². The fraction of sp³-hybridized carbons (Fsp3) is 0.818. The summed E-state index contributed by atoms with van der Waals surface area (Å²) in [7, 11) is 0. The zero-order valence-electron chi connectivity index (χ0n) is 9.58. The van der Waals surface area contributed by atoms with Crippen LogP contribution in [0.25, 0.3) is 0 Å². The molecule has 1 unspecified atom stereocenters. The highest BCUT2D eigenvalue weighted by molar-refractivity contribution is 5.85. The SMILES string of the molecule is CCC(C)CC(=O)N1CCCNC(=O)C1. The van der Waals surface area contributed by atoms with Gasteiger partial charge in [0.25, 0.3) is 0 Å². The maximum Gasteiger partial charge on any atom is 0.239 e. The molecule has 0 aromatic carbocycles. The lowest BCUT2D eigenvalue weighted by Gasteiger charge is -2.20. The molecule has 1 aliphatic heterocycles. The van der Waals surface area contributed by atoms with Crippen molar-refractivity contribution in [3.63, 3.8) is 0 Å². The molecule has 15 heavy (non-hydrogen) atoms. The van der Waals surface area contributed by atoms with Crippen LogP contribution in [0.3, 0.4) is 0 Å². The first kappa shape index (κ1) is 12.0. The summed E-state index contributed by atoms with van der Waals surface area (Å²) in [4.78, 5) is 24.7. The molecule has 4 nitrogen and oxygen atoms in total. The monoisotopic (exact) mass is 212 g/mol. The third kappa shape index (κ3) is 3.90. The zero-order valence-corrected chi connectivity index (χ0v) is 9.58. The number of carbonyl (C=O) groups is 2. The first-order valence-electron chi connectivity index (χ1n) is 5.68. The van der Waals surface area contributed by atoms with Crippen LogP contribution in [-0.2, 0) is 9.59 Å². The summed E-state index contributed by atoms with van der Waals surface area (Å²) < 4.78 is 0. The second-order valence-electron chi connectivity index (χ2n) is 4.24. The number of amides is 2. The number of hydrogen-bond acceptors (Lipinski definition) is 2. The summed E-state index contributed by atoms with van der Waals surface area (Å²) >= 11 is 0. The molecule has 86 valence electrons. The standard InChI is InChI=1S/C11H20N2O2/c1-3-9(2)7-11(15)13-6-4-5-12-10(14)8-13/h9H,3-8H2,1-2H3,(H,12,14). The zero-order chi connectivity index (χ0) is 11.3. The highest BCUT2D eigenvalue weighted by atomic mass is 16.2. The molecule has 0 aromatic rings. The number of hydrogen-bond donors (Lipinski definition) is 1. The van der Waals surface area contributed by atoms with Crippen molar-refractivity contribution in [1.82, 2.24) is 10.2 Å². The van der Waals surface area contributed by atoms with Crippen molar-refractivity contribution in [2.24, 2.45) is 5.92 Å². The average molecular weight is 212 g/mol. The van der Waals surface area contributed by atoms with Crippen LogP contribution in [-0.4, -0.2) is 36.3 Å². The van der Waals surface area contributed by atoms with Crippen LogP contribution in [0, 0.1) is 5.92 Å². The quantitative estimate of drug-likeness (QED) is 0.751. The molecule has 2 amide bonds. The fourth-order valence-corrected chi connectivity index (χ4v) is 1.59. The first-order chi connectivity index (χ1) is 7.13. The Morgan fingerprint density at radius 2 is 2.33 bits per heavy atom. The van der Waals surface area contributed by atoms with Gasteiger partial charge in [-0.1, -0.05) is 20.3 Å². The summed E-state index contributed by atoms with van der Waals surface area (Å²) in [5, 5.41) is 2.76. The van der Waals surface area contributed by atoms with E-state index in [1.54, 1.807) is 4.90 Å². The van der Waals surface area contributed by atoms with Crippen LogP contribution in [0.5, 0.6) is 0 Å². The van der Waals surface area contributed by atoms with E-state index in [0.29, 0.717) is 25.4 Å². The van der Waals surface area contributed by atoms with Crippen LogP contribution in [0.2, 0.25) is 0 Å². The molecular weight excluding hydrogens is 192 g/mol. The van der Waals surface area contributed by atoms with E-state index < -0.39 is 0 Å². The van der Waals surface area contributed by atoms with Crippen molar-refractivity contribution >= 4 is 11.8 Å². The second-order valence-corrected chi connectivity index (χ2v) is 4.24. The van der Waals surface area contributed by atoms with Gasteiger partial charge in [-0.15, -0.1) is 0 Å². The summed E-state index contributed by atoms with van der Waals surface area (Å²) in [6.45, 7) is 5.76. The van der Waals surface area contributed by atoms with Gasteiger partial charge in [0.15, 0.2) is 0 Å². The minimum atomic E-state index is -0.0370. The van der Waals surface area contributed by atoms with Gasteiger partial charge < -0.3 is 10.2 Å². The molecule has 1 atom stereocenters. The molecule has 0 aliphatic carbocycles. The molecule has 0 aromatic heterocycles. The van der Waals surface area contributed by atoms with Gasteiger partial charge in [-0.25, -0.2) is 0 Å². The number of carbonyl (C=O) groups excluding carboxylic acids is 2. The predicted octanol–water partition coefficient (Wildman–Crippen LogP) is 0.771. The largest absolute Gasteiger partial charge is 0.354 e. The van der Waals surface area contributed by atoms with E-state index in [1.165, 1.54) is 0 Å². The topological polar surface area (TPSA) is 49.4 Å². The smallest absolute Gasteiger partial charge is 0.239 e. The summed E-state index contributed by atoms with van der Waals surface area (Å²) in [5.41, 5.74) is 0. The maximum atomic E-state index is 11.8.